The molecule has 114 valence electrons. The van der Waals surface area contributed by atoms with Crippen LogP contribution in [0.25, 0.3) is 0 Å². The highest BCUT2D eigenvalue weighted by Gasteiger charge is 2.32. The first-order valence-corrected chi connectivity index (χ1v) is 6.66. The summed E-state index contributed by atoms with van der Waals surface area (Å²) in [6.07, 6.45) is 1.75. The van der Waals surface area contributed by atoms with E-state index in [2.05, 4.69) is 5.32 Å². The second kappa shape index (κ2) is 6.07. The molecule has 1 aromatic rings. The van der Waals surface area contributed by atoms with E-state index in [1.807, 2.05) is 0 Å². The van der Waals surface area contributed by atoms with Gasteiger partial charge in [-0.25, -0.2) is 18.4 Å². The van der Waals surface area contributed by atoms with Crippen molar-refractivity contribution in [3.8, 4) is 0 Å². The molecule has 0 bridgehead atoms. The molecule has 1 fully saturated rings. The molecule has 0 aromatic heterocycles. The lowest BCUT2D eigenvalue weighted by Gasteiger charge is -2.32. The minimum Gasteiger partial charge on any atom is -0.480 e. The molecule has 1 atom stereocenters. The summed E-state index contributed by atoms with van der Waals surface area (Å²) in [5, 5.41) is 11.3. The van der Waals surface area contributed by atoms with Gasteiger partial charge in [-0.15, -0.1) is 0 Å². The number of nitrogens with one attached hydrogen (secondary N) is 1. The lowest BCUT2D eigenvalue weighted by Crippen LogP contribution is -2.49. The monoisotopic (exact) mass is 298 g/mol. The molecular formula is C14H16F2N2O3. The number of carboxylic acids is 1. The van der Waals surface area contributed by atoms with Gasteiger partial charge < -0.3 is 15.3 Å². The zero-order chi connectivity index (χ0) is 15.6. The fourth-order valence-corrected chi connectivity index (χ4v) is 2.36. The first kappa shape index (κ1) is 15.2. The molecule has 2 N–H and O–H groups in total. The maximum atomic E-state index is 13.7. The highest BCUT2D eigenvalue weighted by molar-refractivity contribution is 5.92. The number of carbonyl (C=O) groups is 2. The molecule has 0 spiro atoms. The zero-order valence-corrected chi connectivity index (χ0v) is 11.5. The Morgan fingerprint density at radius 1 is 1.29 bits per heavy atom. The lowest BCUT2D eigenvalue weighted by atomic mass is 10.0. The van der Waals surface area contributed by atoms with Gasteiger partial charge in [0, 0.05) is 12.6 Å². The van der Waals surface area contributed by atoms with Crippen molar-refractivity contribution in [3.05, 3.63) is 29.3 Å². The molecule has 7 heteroatoms. The molecule has 0 aliphatic carbocycles. The van der Waals surface area contributed by atoms with Crippen LogP contribution in [0.3, 0.4) is 0 Å². The molecule has 1 aliphatic heterocycles. The lowest BCUT2D eigenvalue weighted by molar-refractivity contribution is -0.143. The van der Waals surface area contributed by atoms with Crippen LogP contribution >= 0.6 is 0 Å². The fourth-order valence-electron chi connectivity index (χ4n) is 2.36. The molecule has 0 saturated carbocycles. The molecule has 5 nitrogen and oxygen atoms in total. The van der Waals surface area contributed by atoms with Crippen molar-refractivity contribution < 1.29 is 23.5 Å². The summed E-state index contributed by atoms with van der Waals surface area (Å²) in [5.41, 5.74) is -0.162. The third-order valence-electron chi connectivity index (χ3n) is 3.54. The van der Waals surface area contributed by atoms with Crippen LogP contribution in [-0.2, 0) is 4.79 Å². The van der Waals surface area contributed by atoms with E-state index >= 15 is 0 Å². The van der Waals surface area contributed by atoms with E-state index in [4.69, 9.17) is 5.11 Å². The van der Waals surface area contributed by atoms with Gasteiger partial charge >= 0.3 is 12.0 Å². The Morgan fingerprint density at radius 3 is 2.67 bits per heavy atom. The summed E-state index contributed by atoms with van der Waals surface area (Å²) < 4.78 is 27.1. The third-order valence-corrected chi connectivity index (χ3v) is 3.54. The average Bonchev–Trinajstić information content (AvgIpc) is 2.44. The Kier molecular flexibility index (Phi) is 4.40. The fraction of sp³-hybridized carbons (Fsp3) is 0.429. The van der Waals surface area contributed by atoms with Crippen molar-refractivity contribution in [2.45, 2.75) is 32.2 Å². The van der Waals surface area contributed by atoms with Gasteiger partial charge in [-0.2, -0.15) is 0 Å². The molecular weight excluding hydrogens is 282 g/mol. The number of aryl methyl sites for hydroxylation is 1. The van der Waals surface area contributed by atoms with Crippen LogP contribution in [0.2, 0.25) is 0 Å². The van der Waals surface area contributed by atoms with Gasteiger partial charge in [0.2, 0.25) is 0 Å². The topological polar surface area (TPSA) is 69.6 Å². The summed E-state index contributed by atoms with van der Waals surface area (Å²) in [6.45, 7) is 1.69. The molecule has 1 saturated heterocycles. The standard InChI is InChI=1S/C14H16F2N2O3/c1-8-6-10(16)11(7-9(8)15)17-14(21)18-5-3-2-4-12(18)13(19)20/h6-7,12H,2-5H2,1H3,(H,17,21)(H,19,20). The highest BCUT2D eigenvalue weighted by Crippen LogP contribution is 2.22. The number of carbonyl (C=O) groups excluding carboxylic acids is 1. The number of hydrogen-bond acceptors (Lipinski definition) is 2. The van der Waals surface area contributed by atoms with E-state index < -0.39 is 29.7 Å². The van der Waals surface area contributed by atoms with Crippen LogP contribution in [0.4, 0.5) is 19.3 Å². The van der Waals surface area contributed by atoms with Gasteiger partial charge in [-0.1, -0.05) is 0 Å². The summed E-state index contributed by atoms with van der Waals surface area (Å²) in [7, 11) is 0. The molecule has 2 amide bonds. The number of anilines is 1. The number of hydrogen-bond donors (Lipinski definition) is 2. The number of aliphatic carboxylic acids is 1. The molecule has 1 heterocycles. The summed E-state index contributed by atoms with van der Waals surface area (Å²) >= 11 is 0. The Balaban J connectivity index is 2.17. The van der Waals surface area contributed by atoms with Crippen molar-refractivity contribution in [2.75, 3.05) is 11.9 Å². The van der Waals surface area contributed by atoms with Gasteiger partial charge in [0.05, 0.1) is 5.69 Å². The van der Waals surface area contributed by atoms with Crippen LogP contribution in [0.1, 0.15) is 24.8 Å². The summed E-state index contributed by atoms with van der Waals surface area (Å²) in [4.78, 5) is 24.4. The van der Waals surface area contributed by atoms with Gasteiger partial charge in [-0.05, 0) is 37.8 Å². The quantitative estimate of drug-likeness (QED) is 0.882. The largest absolute Gasteiger partial charge is 0.480 e. The Morgan fingerprint density at radius 2 is 2.00 bits per heavy atom. The van der Waals surface area contributed by atoms with Crippen LogP contribution in [0.15, 0.2) is 12.1 Å². The van der Waals surface area contributed by atoms with Gasteiger partial charge in [0.25, 0.3) is 0 Å². The number of benzene rings is 1. The maximum Gasteiger partial charge on any atom is 0.326 e. The Bertz CT molecular complexity index is 578. The van der Waals surface area contributed by atoms with Crippen molar-refractivity contribution in [2.24, 2.45) is 0 Å². The molecule has 1 aliphatic rings. The predicted molar refractivity (Wildman–Crippen MR) is 72.1 cm³/mol. The summed E-state index contributed by atoms with van der Waals surface area (Å²) in [6, 6.07) is 0.208. The number of rotatable bonds is 2. The van der Waals surface area contributed by atoms with Crippen LogP contribution in [0, 0.1) is 18.6 Å². The summed E-state index contributed by atoms with van der Waals surface area (Å²) in [5.74, 6) is -2.49. The second-order valence-electron chi connectivity index (χ2n) is 5.05. The van der Waals surface area contributed by atoms with Gasteiger partial charge in [0.15, 0.2) is 0 Å². The van der Waals surface area contributed by atoms with Crippen molar-refractivity contribution >= 4 is 17.7 Å². The average molecular weight is 298 g/mol. The number of urea groups is 1. The zero-order valence-electron chi connectivity index (χ0n) is 11.5. The van der Waals surface area contributed by atoms with Gasteiger partial charge in [0.1, 0.15) is 17.7 Å². The van der Waals surface area contributed by atoms with E-state index in [-0.39, 0.29) is 17.8 Å². The highest BCUT2D eigenvalue weighted by atomic mass is 19.1. The van der Waals surface area contributed by atoms with Crippen LogP contribution in [0.5, 0.6) is 0 Å². The van der Waals surface area contributed by atoms with Crippen molar-refractivity contribution in [3.63, 3.8) is 0 Å². The number of halogens is 2. The van der Waals surface area contributed by atoms with E-state index in [1.54, 1.807) is 0 Å². The Labute approximate surface area is 120 Å². The number of likely N-dealkylation sites (tertiary alicyclic amines) is 1. The van der Waals surface area contributed by atoms with Crippen molar-refractivity contribution in [1.82, 2.24) is 4.90 Å². The minimum atomic E-state index is -1.10. The van der Waals surface area contributed by atoms with Crippen LogP contribution < -0.4 is 5.32 Å². The number of piperidine rings is 1. The van der Waals surface area contributed by atoms with E-state index in [0.29, 0.717) is 19.3 Å². The second-order valence-corrected chi connectivity index (χ2v) is 5.05. The number of nitrogens with zero attached hydrogens (tertiary/aromatic N) is 1. The first-order valence-electron chi connectivity index (χ1n) is 6.66. The van der Waals surface area contributed by atoms with Crippen LogP contribution in [-0.4, -0.2) is 34.6 Å². The number of amides is 2. The smallest absolute Gasteiger partial charge is 0.326 e. The van der Waals surface area contributed by atoms with E-state index in [0.717, 1.165) is 17.0 Å². The molecule has 0 radical (unpaired) electrons. The molecule has 21 heavy (non-hydrogen) atoms. The molecule has 2 rings (SSSR count). The van der Waals surface area contributed by atoms with E-state index in [9.17, 15) is 18.4 Å². The predicted octanol–water partition coefficient (Wildman–Crippen LogP) is 2.74. The number of carboxylic acid groups (broad SMARTS) is 1. The van der Waals surface area contributed by atoms with Gasteiger partial charge in [-0.3, -0.25) is 0 Å². The third kappa shape index (κ3) is 3.29. The normalized spacial score (nSPS) is 18.4. The SMILES string of the molecule is Cc1cc(F)c(NC(=O)N2CCCCC2C(=O)O)cc1F. The maximum absolute atomic E-state index is 13.7. The molecule has 1 aromatic carbocycles. The first-order chi connectivity index (χ1) is 9.90. The van der Waals surface area contributed by atoms with Crippen molar-refractivity contribution in [1.29, 1.82) is 0 Å². The molecule has 1 unspecified atom stereocenters. The minimum absolute atomic E-state index is 0.131. The Hall–Kier alpha value is -2.18. The van der Waals surface area contributed by atoms with E-state index in [1.165, 1.54) is 6.92 Å².